The first kappa shape index (κ1) is 10.0. The molecule has 1 saturated heterocycles. The minimum Gasteiger partial charge on any atom is -0.393 e. The van der Waals surface area contributed by atoms with E-state index in [2.05, 4.69) is 11.0 Å². The van der Waals surface area contributed by atoms with Gasteiger partial charge in [0.25, 0.3) is 0 Å². The number of aliphatic hydroxyl groups is 1. The Labute approximate surface area is 86.6 Å². The van der Waals surface area contributed by atoms with E-state index in [0.29, 0.717) is 5.92 Å². The number of nitrogens with zero attached hydrogens (tertiary/aromatic N) is 1. The highest BCUT2D eigenvalue weighted by atomic mass is 16.3. The summed E-state index contributed by atoms with van der Waals surface area (Å²) in [6, 6.07) is 0. The lowest BCUT2D eigenvalue weighted by Crippen LogP contribution is -2.31. The van der Waals surface area contributed by atoms with Gasteiger partial charge in [-0.05, 0) is 39.0 Å². The van der Waals surface area contributed by atoms with Gasteiger partial charge in [0, 0.05) is 24.7 Å². The van der Waals surface area contributed by atoms with Crippen molar-refractivity contribution in [2.75, 3.05) is 13.1 Å². The molecule has 0 amide bonds. The first-order valence-electron chi connectivity index (χ1n) is 5.92. The first-order valence-corrected chi connectivity index (χ1v) is 5.92. The zero-order valence-electron chi connectivity index (χ0n) is 9.08. The Morgan fingerprint density at radius 1 is 1.36 bits per heavy atom. The van der Waals surface area contributed by atoms with Gasteiger partial charge in [-0.3, -0.25) is 0 Å². The Balaban J connectivity index is 2.08. The van der Waals surface area contributed by atoms with Crippen LogP contribution in [-0.4, -0.2) is 29.2 Å². The number of aliphatic hydroxyl groups excluding tert-OH is 1. The van der Waals surface area contributed by atoms with Gasteiger partial charge in [-0.15, -0.1) is 0 Å². The summed E-state index contributed by atoms with van der Waals surface area (Å²) in [7, 11) is 0. The van der Waals surface area contributed by atoms with Crippen LogP contribution in [0.2, 0.25) is 0 Å². The van der Waals surface area contributed by atoms with Gasteiger partial charge in [-0.1, -0.05) is 6.08 Å². The van der Waals surface area contributed by atoms with Gasteiger partial charge >= 0.3 is 0 Å². The zero-order chi connectivity index (χ0) is 9.97. The van der Waals surface area contributed by atoms with Gasteiger partial charge in [-0.25, -0.2) is 0 Å². The van der Waals surface area contributed by atoms with Crippen LogP contribution >= 0.6 is 0 Å². The molecule has 1 fully saturated rings. The second kappa shape index (κ2) is 4.35. The molecule has 2 rings (SSSR count). The zero-order valence-corrected chi connectivity index (χ0v) is 9.08. The van der Waals surface area contributed by atoms with Crippen LogP contribution in [0.5, 0.6) is 0 Å². The van der Waals surface area contributed by atoms with Crippen molar-refractivity contribution in [2.45, 2.75) is 45.1 Å². The Bertz CT molecular complexity index is 216. The lowest BCUT2D eigenvalue weighted by atomic mass is 9.87. The second-order valence-corrected chi connectivity index (χ2v) is 4.60. The molecule has 0 unspecified atom stereocenters. The maximum absolute atomic E-state index is 9.74. The molecule has 1 N–H and O–H groups in total. The number of rotatable bonds is 2. The molecule has 1 heterocycles. The van der Waals surface area contributed by atoms with Gasteiger partial charge in [0.2, 0.25) is 0 Å². The molecule has 0 aromatic rings. The molecule has 0 spiro atoms. The molecule has 0 aromatic heterocycles. The maximum Gasteiger partial charge on any atom is 0.0594 e. The van der Waals surface area contributed by atoms with Gasteiger partial charge in [0.1, 0.15) is 0 Å². The van der Waals surface area contributed by atoms with E-state index in [1.807, 2.05) is 6.92 Å². The van der Waals surface area contributed by atoms with E-state index in [9.17, 15) is 5.11 Å². The van der Waals surface area contributed by atoms with Crippen LogP contribution < -0.4 is 0 Å². The lowest BCUT2D eigenvalue weighted by molar-refractivity contribution is 0.116. The van der Waals surface area contributed by atoms with E-state index >= 15 is 0 Å². The van der Waals surface area contributed by atoms with Crippen LogP contribution in [0.25, 0.3) is 0 Å². The minimum atomic E-state index is -0.179. The lowest BCUT2D eigenvalue weighted by Gasteiger charge is -2.33. The smallest absolute Gasteiger partial charge is 0.0594 e. The van der Waals surface area contributed by atoms with Gasteiger partial charge in [0.05, 0.1) is 6.10 Å². The summed E-state index contributed by atoms with van der Waals surface area (Å²) in [5, 5.41) is 9.74. The van der Waals surface area contributed by atoms with E-state index in [1.54, 1.807) is 0 Å². The largest absolute Gasteiger partial charge is 0.393 e. The molecule has 2 aliphatic rings. The summed E-state index contributed by atoms with van der Waals surface area (Å²) in [5.74, 6) is 0.404. The van der Waals surface area contributed by atoms with Crippen molar-refractivity contribution in [1.82, 2.24) is 4.90 Å². The predicted molar refractivity (Wildman–Crippen MR) is 57.9 cm³/mol. The summed E-state index contributed by atoms with van der Waals surface area (Å²) in [4.78, 5) is 2.48. The van der Waals surface area contributed by atoms with Crippen LogP contribution in [0.15, 0.2) is 11.8 Å². The fourth-order valence-electron chi connectivity index (χ4n) is 2.71. The van der Waals surface area contributed by atoms with E-state index in [0.717, 1.165) is 0 Å². The SMILES string of the molecule is C[C@@H](O)[C@H]1CCCC=C1N1CCCC1. The summed E-state index contributed by atoms with van der Waals surface area (Å²) >= 11 is 0. The summed E-state index contributed by atoms with van der Waals surface area (Å²) in [6.45, 7) is 4.34. The van der Waals surface area contributed by atoms with Crippen molar-refractivity contribution in [1.29, 1.82) is 0 Å². The minimum absolute atomic E-state index is 0.179. The first-order chi connectivity index (χ1) is 6.79. The molecule has 0 saturated carbocycles. The summed E-state index contributed by atoms with van der Waals surface area (Å²) in [5.41, 5.74) is 1.43. The second-order valence-electron chi connectivity index (χ2n) is 4.60. The molecule has 80 valence electrons. The number of hydrogen-bond donors (Lipinski definition) is 1. The molecule has 1 aliphatic heterocycles. The van der Waals surface area contributed by atoms with Crippen LogP contribution in [0.1, 0.15) is 39.0 Å². The number of likely N-dealkylation sites (tertiary alicyclic amines) is 1. The Morgan fingerprint density at radius 3 is 2.71 bits per heavy atom. The van der Waals surface area contributed by atoms with E-state index in [-0.39, 0.29) is 6.10 Å². The van der Waals surface area contributed by atoms with Crippen LogP contribution in [0.4, 0.5) is 0 Å². The average molecular weight is 195 g/mol. The summed E-state index contributed by atoms with van der Waals surface area (Å²) in [6.07, 6.45) is 8.43. The number of allylic oxidation sites excluding steroid dienone is 1. The average Bonchev–Trinajstić information content (AvgIpc) is 2.70. The predicted octanol–water partition coefficient (Wildman–Crippen LogP) is 2.15. The topological polar surface area (TPSA) is 23.5 Å². The molecule has 0 aromatic carbocycles. The molecule has 14 heavy (non-hydrogen) atoms. The Hall–Kier alpha value is -0.500. The molecule has 1 aliphatic carbocycles. The van der Waals surface area contributed by atoms with Crippen LogP contribution in [0, 0.1) is 5.92 Å². The number of hydrogen-bond acceptors (Lipinski definition) is 2. The molecule has 0 bridgehead atoms. The van der Waals surface area contributed by atoms with Crippen molar-refractivity contribution >= 4 is 0 Å². The highest BCUT2D eigenvalue weighted by molar-refractivity contribution is 5.11. The highest BCUT2D eigenvalue weighted by Gasteiger charge is 2.27. The normalized spacial score (nSPS) is 30.3. The third kappa shape index (κ3) is 1.95. The highest BCUT2D eigenvalue weighted by Crippen LogP contribution is 2.31. The quantitative estimate of drug-likeness (QED) is 0.729. The summed E-state index contributed by atoms with van der Waals surface area (Å²) < 4.78 is 0. The Morgan fingerprint density at radius 2 is 2.07 bits per heavy atom. The van der Waals surface area contributed by atoms with Gasteiger partial charge < -0.3 is 10.0 Å². The molecule has 0 radical (unpaired) electrons. The standard InChI is InChI=1S/C12H21NO/c1-10(14)11-6-2-3-7-12(11)13-8-4-5-9-13/h7,10-11,14H,2-6,8-9H2,1H3/t10-,11-/m1/s1. The fraction of sp³-hybridized carbons (Fsp3) is 0.833. The van der Waals surface area contributed by atoms with Crippen molar-refractivity contribution in [3.05, 3.63) is 11.8 Å². The van der Waals surface area contributed by atoms with Crippen molar-refractivity contribution < 1.29 is 5.11 Å². The van der Waals surface area contributed by atoms with Gasteiger partial charge in [0.15, 0.2) is 0 Å². The van der Waals surface area contributed by atoms with Crippen LogP contribution in [-0.2, 0) is 0 Å². The fourth-order valence-corrected chi connectivity index (χ4v) is 2.71. The van der Waals surface area contributed by atoms with E-state index < -0.39 is 0 Å². The van der Waals surface area contributed by atoms with E-state index in [1.165, 1.54) is 50.9 Å². The monoisotopic (exact) mass is 195 g/mol. The van der Waals surface area contributed by atoms with Crippen molar-refractivity contribution in [3.63, 3.8) is 0 Å². The molecule has 2 atom stereocenters. The Kier molecular flexibility index (Phi) is 3.12. The van der Waals surface area contributed by atoms with E-state index in [4.69, 9.17) is 0 Å². The maximum atomic E-state index is 9.74. The third-order valence-electron chi connectivity index (χ3n) is 3.51. The van der Waals surface area contributed by atoms with Crippen molar-refractivity contribution in [2.24, 2.45) is 5.92 Å². The van der Waals surface area contributed by atoms with Gasteiger partial charge in [-0.2, -0.15) is 0 Å². The molecular weight excluding hydrogens is 174 g/mol. The molecule has 2 heteroatoms. The van der Waals surface area contributed by atoms with Crippen LogP contribution in [0.3, 0.4) is 0 Å². The molecular formula is C12H21NO. The third-order valence-corrected chi connectivity index (χ3v) is 3.51. The molecule has 2 nitrogen and oxygen atoms in total. The van der Waals surface area contributed by atoms with Crippen molar-refractivity contribution in [3.8, 4) is 0 Å².